The predicted octanol–water partition coefficient (Wildman–Crippen LogP) is 0.332. The van der Waals surface area contributed by atoms with Crippen LogP contribution in [-0.2, 0) is 4.74 Å². The molecule has 98 valence electrons. The molecule has 0 atom stereocenters. The van der Waals surface area contributed by atoms with E-state index in [-0.39, 0.29) is 0 Å². The van der Waals surface area contributed by atoms with Crippen LogP contribution in [0.2, 0.25) is 0 Å². The number of hydrogen-bond donors (Lipinski definition) is 2. The fourth-order valence-corrected chi connectivity index (χ4v) is 1.57. The van der Waals surface area contributed by atoms with Crippen molar-refractivity contribution in [2.45, 2.75) is 0 Å². The average molecular weight is 251 g/mol. The molecule has 7 heteroatoms. The van der Waals surface area contributed by atoms with Crippen molar-refractivity contribution in [3.63, 3.8) is 0 Å². The maximum absolute atomic E-state index is 5.76. The van der Waals surface area contributed by atoms with Crippen LogP contribution in [0.4, 0.5) is 11.4 Å². The van der Waals surface area contributed by atoms with Crippen LogP contribution in [-0.4, -0.2) is 37.5 Å². The Morgan fingerprint density at radius 2 is 2.28 bits per heavy atom. The number of nitrogens with one attached hydrogen (secondary N) is 1. The van der Waals surface area contributed by atoms with Crippen LogP contribution >= 0.6 is 0 Å². The highest BCUT2D eigenvalue weighted by molar-refractivity contribution is 5.62. The Hall–Kier alpha value is -1.99. The van der Waals surface area contributed by atoms with Gasteiger partial charge in [0.25, 0.3) is 0 Å². The largest absolute Gasteiger partial charge is 0.474 e. The minimum Gasteiger partial charge on any atom is -0.474 e. The molecule has 0 radical (unpaired) electrons. The number of nitrogens with two attached hydrogens (primary N) is 1. The molecule has 7 nitrogen and oxygen atoms in total. The number of nitrogen functional groups attached to an aromatic ring is 1. The van der Waals surface area contributed by atoms with Gasteiger partial charge in [-0.1, -0.05) is 0 Å². The van der Waals surface area contributed by atoms with Gasteiger partial charge in [-0.15, -0.1) is 5.12 Å². The normalized spacial score (nSPS) is 14.9. The second-order valence-electron chi connectivity index (χ2n) is 3.75. The summed E-state index contributed by atoms with van der Waals surface area (Å²) in [5.41, 5.74) is 10.1. The van der Waals surface area contributed by atoms with Crippen molar-refractivity contribution in [1.29, 1.82) is 0 Å². The molecule has 1 aliphatic rings. The molecule has 0 unspecified atom stereocenters. The number of aromatic nitrogens is 1. The molecule has 1 aliphatic heterocycles. The average Bonchev–Trinajstić information content (AvgIpc) is 2.77. The molecule has 2 rings (SSSR count). The summed E-state index contributed by atoms with van der Waals surface area (Å²) in [5.74, 6) is 0.515. The van der Waals surface area contributed by atoms with Crippen LogP contribution in [0, 0.1) is 0 Å². The van der Waals surface area contributed by atoms with E-state index < -0.39 is 0 Å². The third kappa shape index (κ3) is 2.63. The Morgan fingerprint density at radius 1 is 1.44 bits per heavy atom. The van der Waals surface area contributed by atoms with E-state index in [9.17, 15) is 0 Å². The van der Waals surface area contributed by atoms with Crippen molar-refractivity contribution in [3.05, 3.63) is 24.7 Å². The first-order valence-electron chi connectivity index (χ1n) is 5.55. The number of nitrogens with zero attached hydrogens (tertiary/aromatic N) is 3. The minimum atomic E-state index is 0.440. The number of hydrazine groups is 2. The topological polar surface area (TPSA) is 75.9 Å². The first-order valence-corrected chi connectivity index (χ1v) is 5.55. The number of anilines is 2. The summed E-state index contributed by atoms with van der Waals surface area (Å²) < 4.78 is 10.5. The summed E-state index contributed by atoms with van der Waals surface area (Å²) in [5, 5.41) is 3.64. The summed E-state index contributed by atoms with van der Waals surface area (Å²) in [4.78, 5) is 4.20. The van der Waals surface area contributed by atoms with E-state index in [1.165, 1.54) is 0 Å². The Bertz CT molecular complexity index is 437. The van der Waals surface area contributed by atoms with Crippen LogP contribution in [0.15, 0.2) is 24.7 Å². The first-order chi connectivity index (χ1) is 8.72. The maximum Gasteiger partial charge on any atom is 0.239 e. The van der Waals surface area contributed by atoms with E-state index in [2.05, 4.69) is 10.4 Å². The first kappa shape index (κ1) is 12.5. The van der Waals surface area contributed by atoms with E-state index in [1.54, 1.807) is 18.4 Å². The Kier molecular flexibility index (Phi) is 3.85. The van der Waals surface area contributed by atoms with E-state index >= 15 is 0 Å². The summed E-state index contributed by atoms with van der Waals surface area (Å²) in [6.45, 7) is 0.949. The van der Waals surface area contributed by atoms with Gasteiger partial charge in [0.2, 0.25) is 5.88 Å². The van der Waals surface area contributed by atoms with Crippen LogP contribution in [0.25, 0.3) is 0 Å². The van der Waals surface area contributed by atoms with Gasteiger partial charge in [0, 0.05) is 26.6 Å². The van der Waals surface area contributed by atoms with Crippen molar-refractivity contribution in [2.24, 2.45) is 0 Å². The molecule has 0 amide bonds. The number of ether oxygens (including phenoxy) is 2. The molecule has 1 aromatic rings. The lowest BCUT2D eigenvalue weighted by atomic mass is 10.3. The van der Waals surface area contributed by atoms with Gasteiger partial charge in [0.1, 0.15) is 12.3 Å². The molecular weight excluding hydrogens is 234 g/mol. The smallest absolute Gasteiger partial charge is 0.239 e. The van der Waals surface area contributed by atoms with Gasteiger partial charge < -0.3 is 20.6 Å². The third-order valence-electron chi connectivity index (χ3n) is 2.43. The van der Waals surface area contributed by atoms with Gasteiger partial charge in [0.05, 0.1) is 18.5 Å². The summed E-state index contributed by atoms with van der Waals surface area (Å²) in [7, 11) is 3.50. The molecular formula is C11H17N5O2. The molecule has 0 spiro atoms. The second-order valence-corrected chi connectivity index (χ2v) is 3.75. The van der Waals surface area contributed by atoms with Crippen LogP contribution < -0.4 is 20.9 Å². The molecule has 0 saturated carbocycles. The van der Waals surface area contributed by atoms with Gasteiger partial charge in [-0.05, 0) is 6.07 Å². The van der Waals surface area contributed by atoms with Crippen molar-refractivity contribution < 1.29 is 9.47 Å². The molecule has 0 fully saturated rings. The number of rotatable bonds is 5. The van der Waals surface area contributed by atoms with E-state index in [1.807, 2.05) is 30.5 Å². The van der Waals surface area contributed by atoms with Gasteiger partial charge in [-0.3, -0.25) is 5.01 Å². The second kappa shape index (κ2) is 5.56. The zero-order valence-corrected chi connectivity index (χ0v) is 10.5. The van der Waals surface area contributed by atoms with Gasteiger partial charge in [-0.25, -0.2) is 4.98 Å². The van der Waals surface area contributed by atoms with E-state index in [4.69, 9.17) is 15.2 Å². The SMILES string of the molecule is COCCOc1ncc(N)cc1N1C=CNN1C. The number of pyridine rings is 1. The lowest BCUT2D eigenvalue weighted by molar-refractivity contribution is 0.143. The molecule has 2 heterocycles. The van der Waals surface area contributed by atoms with Gasteiger partial charge in [-0.2, -0.15) is 0 Å². The summed E-state index contributed by atoms with van der Waals surface area (Å²) >= 11 is 0. The molecule has 3 N–H and O–H groups in total. The summed E-state index contributed by atoms with van der Waals surface area (Å²) in [6, 6.07) is 1.81. The Morgan fingerprint density at radius 3 is 2.94 bits per heavy atom. The molecule has 0 aliphatic carbocycles. The number of methoxy groups -OCH3 is 1. The van der Waals surface area contributed by atoms with Crippen molar-refractivity contribution >= 4 is 11.4 Å². The Labute approximate surface area is 106 Å². The zero-order valence-electron chi connectivity index (χ0n) is 10.5. The summed E-state index contributed by atoms with van der Waals surface area (Å²) in [6.07, 6.45) is 5.24. The molecule has 0 saturated heterocycles. The van der Waals surface area contributed by atoms with Gasteiger partial charge >= 0.3 is 0 Å². The molecule has 18 heavy (non-hydrogen) atoms. The predicted molar refractivity (Wildman–Crippen MR) is 68.5 cm³/mol. The van der Waals surface area contributed by atoms with Crippen LogP contribution in [0.5, 0.6) is 5.88 Å². The lowest BCUT2D eigenvalue weighted by Gasteiger charge is -2.25. The maximum atomic E-state index is 5.76. The molecule has 0 bridgehead atoms. The third-order valence-corrected chi connectivity index (χ3v) is 2.43. The fraction of sp³-hybridized carbons (Fsp3) is 0.364. The van der Waals surface area contributed by atoms with Crippen LogP contribution in [0.3, 0.4) is 0 Å². The molecule has 1 aromatic heterocycles. The fourth-order valence-electron chi connectivity index (χ4n) is 1.57. The zero-order chi connectivity index (χ0) is 13.0. The standard InChI is InChI=1S/C11H17N5O2/c1-15-14-3-4-16(15)10-7-9(12)8-13-11(10)18-6-5-17-2/h3-4,7-8,14H,5-6,12H2,1-2H3. The van der Waals surface area contributed by atoms with Crippen molar-refractivity contribution in [2.75, 3.05) is 38.1 Å². The monoisotopic (exact) mass is 251 g/mol. The molecule has 0 aromatic carbocycles. The minimum absolute atomic E-state index is 0.440. The van der Waals surface area contributed by atoms with Crippen molar-refractivity contribution in [1.82, 2.24) is 15.5 Å². The van der Waals surface area contributed by atoms with E-state index in [0.29, 0.717) is 24.8 Å². The highest BCUT2D eigenvalue weighted by Gasteiger charge is 2.19. The highest BCUT2D eigenvalue weighted by atomic mass is 16.5. The lowest BCUT2D eigenvalue weighted by Crippen LogP contribution is -2.38. The van der Waals surface area contributed by atoms with Crippen LogP contribution in [0.1, 0.15) is 0 Å². The quantitative estimate of drug-likeness (QED) is 0.730. The Balaban J connectivity index is 2.20. The number of hydrogen-bond acceptors (Lipinski definition) is 7. The van der Waals surface area contributed by atoms with Crippen molar-refractivity contribution in [3.8, 4) is 5.88 Å². The highest BCUT2D eigenvalue weighted by Crippen LogP contribution is 2.29. The van der Waals surface area contributed by atoms with Gasteiger partial charge in [0.15, 0.2) is 0 Å². The van der Waals surface area contributed by atoms with E-state index in [0.717, 1.165) is 5.69 Å².